The Hall–Kier alpha value is -0.380. The van der Waals surface area contributed by atoms with Crippen molar-refractivity contribution in [3.05, 3.63) is 22.4 Å². The molecule has 108 valence electrons. The molecule has 1 aliphatic carbocycles. The van der Waals surface area contributed by atoms with Crippen LogP contribution in [0.1, 0.15) is 50.5 Å². The van der Waals surface area contributed by atoms with Crippen LogP contribution in [0.2, 0.25) is 0 Å². The zero-order valence-corrected chi connectivity index (χ0v) is 13.2. The van der Waals surface area contributed by atoms with Crippen molar-refractivity contribution < 1.29 is 0 Å². The minimum absolute atomic E-state index is 0.229. The molecule has 19 heavy (non-hydrogen) atoms. The van der Waals surface area contributed by atoms with Gasteiger partial charge in [0.1, 0.15) is 0 Å². The minimum Gasteiger partial charge on any atom is -0.326 e. The van der Waals surface area contributed by atoms with Crippen LogP contribution in [-0.2, 0) is 6.42 Å². The molecule has 0 bridgehead atoms. The van der Waals surface area contributed by atoms with Crippen LogP contribution in [0.5, 0.6) is 0 Å². The second kappa shape index (κ2) is 6.87. The highest BCUT2D eigenvalue weighted by atomic mass is 32.1. The Balaban J connectivity index is 2.00. The fourth-order valence-corrected chi connectivity index (χ4v) is 4.22. The standard InChI is InChI=1S/C16H28N2S/c1-18(2)16(10-5-3-4-6-11-16)15(17)8-7-14-9-12-19-13-14/h9,12-13,15H,3-8,10-11,17H2,1-2H3. The van der Waals surface area contributed by atoms with Gasteiger partial charge in [-0.1, -0.05) is 25.7 Å². The average Bonchev–Trinajstić information content (AvgIpc) is 2.78. The molecular weight excluding hydrogens is 252 g/mol. The summed E-state index contributed by atoms with van der Waals surface area (Å²) in [7, 11) is 4.44. The zero-order valence-electron chi connectivity index (χ0n) is 12.4. The lowest BCUT2D eigenvalue weighted by atomic mass is 9.79. The van der Waals surface area contributed by atoms with E-state index in [1.807, 2.05) is 0 Å². The van der Waals surface area contributed by atoms with E-state index in [0.29, 0.717) is 6.04 Å². The highest BCUT2D eigenvalue weighted by Crippen LogP contribution is 2.34. The predicted octanol–water partition coefficient (Wildman–Crippen LogP) is 3.66. The SMILES string of the molecule is CN(C)C1(C(N)CCc2ccsc2)CCCCCC1. The van der Waals surface area contributed by atoms with Gasteiger partial charge >= 0.3 is 0 Å². The summed E-state index contributed by atoms with van der Waals surface area (Å²) in [5, 5.41) is 4.41. The second-order valence-electron chi connectivity index (χ2n) is 6.19. The lowest BCUT2D eigenvalue weighted by Gasteiger charge is -2.44. The van der Waals surface area contributed by atoms with E-state index in [0.717, 1.165) is 12.8 Å². The first-order valence-corrected chi connectivity index (χ1v) is 8.53. The molecule has 0 amide bonds. The third-order valence-electron chi connectivity index (χ3n) is 4.87. The molecule has 1 aliphatic rings. The van der Waals surface area contributed by atoms with E-state index in [9.17, 15) is 0 Å². The Morgan fingerprint density at radius 3 is 2.47 bits per heavy atom. The summed E-state index contributed by atoms with van der Waals surface area (Å²) in [5.41, 5.74) is 8.31. The quantitative estimate of drug-likeness (QED) is 0.834. The molecule has 0 radical (unpaired) electrons. The molecule has 1 aromatic heterocycles. The molecule has 2 rings (SSSR count). The van der Waals surface area contributed by atoms with Crippen LogP contribution in [-0.4, -0.2) is 30.6 Å². The van der Waals surface area contributed by atoms with E-state index < -0.39 is 0 Å². The number of rotatable bonds is 5. The maximum Gasteiger partial charge on any atom is 0.0354 e. The molecule has 1 heterocycles. The first-order chi connectivity index (χ1) is 9.15. The summed E-state index contributed by atoms with van der Waals surface area (Å²) in [5.74, 6) is 0. The van der Waals surface area contributed by atoms with Crippen molar-refractivity contribution in [1.29, 1.82) is 0 Å². The summed E-state index contributed by atoms with van der Waals surface area (Å²) < 4.78 is 0. The third kappa shape index (κ3) is 3.59. The number of thiophene rings is 1. The molecule has 1 atom stereocenters. The molecule has 0 spiro atoms. The normalized spacial score (nSPS) is 21.3. The molecule has 0 saturated heterocycles. The number of hydrogen-bond donors (Lipinski definition) is 1. The van der Waals surface area contributed by atoms with Crippen LogP contribution in [0.3, 0.4) is 0 Å². The highest BCUT2D eigenvalue weighted by Gasteiger charge is 2.38. The molecule has 2 N–H and O–H groups in total. The first-order valence-electron chi connectivity index (χ1n) is 7.59. The van der Waals surface area contributed by atoms with Gasteiger partial charge in [-0.25, -0.2) is 0 Å². The molecule has 1 saturated carbocycles. The smallest absolute Gasteiger partial charge is 0.0354 e. The summed E-state index contributed by atoms with van der Waals surface area (Å²) in [6.45, 7) is 0. The van der Waals surface area contributed by atoms with Crippen LogP contribution < -0.4 is 5.73 Å². The van der Waals surface area contributed by atoms with Gasteiger partial charge in [-0.15, -0.1) is 0 Å². The number of hydrogen-bond acceptors (Lipinski definition) is 3. The van der Waals surface area contributed by atoms with E-state index in [2.05, 4.69) is 35.8 Å². The maximum atomic E-state index is 6.63. The maximum absolute atomic E-state index is 6.63. The van der Waals surface area contributed by atoms with Crippen molar-refractivity contribution in [2.45, 2.75) is 62.9 Å². The van der Waals surface area contributed by atoms with Gasteiger partial charge in [-0.05, 0) is 62.2 Å². The van der Waals surface area contributed by atoms with Gasteiger partial charge < -0.3 is 10.6 Å². The number of nitrogens with zero attached hydrogens (tertiary/aromatic N) is 1. The first kappa shape index (κ1) is 15.0. The van der Waals surface area contributed by atoms with E-state index in [1.54, 1.807) is 11.3 Å². The zero-order chi connectivity index (χ0) is 13.7. The topological polar surface area (TPSA) is 29.3 Å². The van der Waals surface area contributed by atoms with Crippen molar-refractivity contribution in [3.63, 3.8) is 0 Å². The minimum atomic E-state index is 0.229. The third-order valence-corrected chi connectivity index (χ3v) is 5.61. The molecule has 1 fully saturated rings. The van der Waals surface area contributed by atoms with E-state index in [-0.39, 0.29) is 5.54 Å². The van der Waals surface area contributed by atoms with Crippen LogP contribution in [0.25, 0.3) is 0 Å². The van der Waals surface area contributed by atoms with Crippen LogP contribution in [0.4, 0.5) is 0 Å². The lowest BCUT2D eigenvalue weighted by Crippen LogP contribution is -2.57. The van der Waals surface area contributed by atoms with Gasteiger partial charge in [-0.2, -0.15) is 11.3 Å². The summed E-state index contributed by atoms with van der Waals surface area (Å²) in [4.78, 5) is 2.41. The molecule has 1 aromatic rings. The van der Waals surface area contributed by atoms with Gasteiger partial charge in [0.05, 0.1) is 0 Å². The Morgan fingerprint density at radius 2 is 1.95 bits per heavy atom. The van der Waals surface area contributed by atoms with Crippen molar-refractivity contribution >= 4 is 11.3 Å². The Kier molecular flexibility index (Phi) is 5.43. The molecule has 2 nitrogen and oxygen atoms in total. The summed E-state index contributed by atoms with van der Waals surface area (Å²) in [6.07, 6.45) is 10.2. The second-order valence-corrected chi connectivity index (χ2v) is 6.97. The van der Waals surface area contributed by atoms with Crippen LogP contribution >= 0.6 is 11.3 Å². The molecule has 0 aliphatic heterocycles. The molecule has 0 aromatic carbocycles. The fourth-order valence-electron chi connectivity index (χ4n) is 3.52. The van der Waals surface area contributed by atoms with Gasteiger partial charge in [0.2, 0.25) is 0 Å². The summed E-state index contributed by atoms with van der Waals surface area (Å²) >= 11 is 1.78. The van der Waals surface area contributed by atoms with Crippen LogP contribution in [0.15, 0.2) is 16.8 Å². The Labute approximate surface area is 122 Å². The number of likely N-dealkylation sites (N-methyl/N-ethyl adjacent to an activating group) is 1. The molecule has 1 unspecified atom stereocenters. The fraction of sp³-hybridized carbons (Fsp3) is 0.750. The Morgan fingerprint density at radius 1 is 1.26 bits per heavy atom. The average molecular weight is 280 g/mol. The molecule has 3 heteroatoms. The number of nitrogens with two attached hydrogens (primary N) is 1. The number of aryl methyl sites for hydroxylation is 1. The van der Waals surface area contributed by atoms with Crippen molar-refractivity contribution in [1.82, 2.24) is 4.90 Å². The largest absolute Gasteiger partial charge is 0.326 e. The van der Waals surface area contributed by atoms with E-state index >= 15 is 0 Å². The van der Waals surface area contributed by atoms with E-state index in [1.165, 1.54) is 44.1 Å². The van der Waals surface area contributed by atoms with Gasteiger partial charge in [0.25, 0.3) is 0 Å². The van der Waals surface area contributed by atoms with Crippen molar-refractivity contribution in [2.24, 2.45) is 5.73 Å². The van der Waals surface area contributed by atoms with Crippen molar-refractivity contribution in [3.8, 4) is 0 Å². The predicted molar refractivity (Wildman–Crippen MR) is 84.7 cm³/mol. The summed E-state index contributed by atoms with van der Waals surface area (Å²) in [6, 6.07) is 2.52. The molecular formula is C16H28N2S. The monoisotopic (exact) mass is 280 g/mol. The van der Waals surface area contributed by atoms with Gasteiger partial charge in [0, 0.05) is 11.6 Å². The van der Waals surface area contributed by atoms with Gasteiger partial charge in [-0.3, -0.25) is 0 Å². The van der Waals surface area contributed by atoms with Crippen molar-refractivity contribution in [2.75, 3.05) is 14.1 Å². The van der Waals surface area contributed by atoms with Crippen LogP contribution in [0, 0.1) is 0 Å². The lowest BCUT2D eigenvalue weighted by molar-refractivity contribution is 0.0933. The Bertz CT molecular complexity index is 351. The van der Waals surface area contributed by atoms with E-state index in [4.69, 9.17) is 5.73 Å². The van der Waals surface area contributed by atoms with Gasteiger partial charge in [0.15, 0.2) is 0 Å². The highest BCUT2D eigenvalue weighted by molar-refractivity contribution is 7.07.